The summed E-state index contributed by atoms with van der Waals surface area (Å²) >= 11 is 0. The predicted molar refractivity (Wildman–Crippen MR) is 95.3 cm³/mol. The number of hydrogen-bond acceptors (Lipinski definition) is 3. The first kappa shape index (κ1) is 14.4. The van der Waals surface area contributed by atoms with Gasteiger partial charge < -0.3 is 10.6 Å². The van der Waals surface area contributed by atoms with Gasteiger partial charge in [0.05, 0.1) is 5.52 Å². The van der Waals surface area contributed by atoms with Crippen LogP contribution in [0.3, 0.4) is 0 Å². The SMILES string of the molecule is C=C/C=C\C=C\CN1CCc2c1nc1ccc(C)cc1c2N. The summed E-state index contributed by atoms with van der Waals surface area (Å²) in [6, 6.07) is 6.27. The molecule has 0 fully saturated rings. The molecule has 2 N–H and O–H groups in total. The van der Waals surface area contributed by atoms with E-state index in [1.54, 1.807) is 6.08 Å². The number of pyridine rings is 1. The van der Waals surface area contributed by atoms with Crippen molar-refractivity contribution in [1.82, 2.24) is 4.98 Å². The van der Waals surface area contributed by atoms with Gasteiger partial charge in [-0.05, 0) is 25.5 Å². The Morgan fingerprint density at radius 2 is 2.18 bits per heavy atom. The fraction of sp³-hybridized carbons (Fsp3) is 0.211. The van der Waals surface area contributed by atoms with E-state index in [4.69, 9.17) is 10.7 Å². The zero-order valence-corrected chi connectivity index (χ0v) is 12.9. The number of aryl methyl sites for hydroxylation is 1. The highest BCUT2D eigenvalue weighted by molar-refractivity contribution is 5.95. The number of anilines is 2. The maximum absolute atomic E-state index is 6.39. The number of allylic oxidation sites excluding steroid dienone is 4. The molecule has 1 aromatic carbocycles. The number of rotatable bonds is 4. The predicted octanol–water partition coefficient (Wildman–Crippen LogP) is 3.79. The lowest BCUT2D eigenvalue weighted by Gasteiger charge is -2.17. The Kier molecular flexibility index (Phi) is 3.96. The molecule has 2 heterocycles. The van der Waals surface area contributed by atoms with Crippen LogP contribution in [-0.4, -0.2) is 18.1 Å². The van der Waals surface area contributed by atoms with Crippen molar-refractivity contribution in [1.29, 1.82) is 0 Å². The Morgan fingerprint density at radius 1 is 1.32 bits per heavy atom. The molecule has 22 heavy (non-hydrogen) atoms. The summed E-state index contributed by atoms with van der Waals surface area (Å²) in [5.41, 5.74) is 10.7. The van der Waals surface area contributed by atoms with Gasteiger partial charge in [-0.1, -0.05) is 48.6 Å². The molecular formula is C19H21N3. The number of aromatic nitrogens is 1. The summed E-state index contributed by atoms with van der Waals surface area (Å²) in [4.78, 5) is 7.11. The summed E-state index contributed by atoms with van der Waals surface area (Å²) in [5, 5.41) is 1.07. The monoisotopic (exact) mass is 291 g/mol. The molecule has 3 heteroatoms. The Bertz CT molecular complexity index is 772. The number of nitrogen functional groups attached to an aromatic ring is 1. The van der Waals surface area contributed by atoms with Gasteiger partial charge in [0.1, 0.15) is 5.82 Å². The molecule has 0 aliphatic carbocycles. The van der Waals surface area contributed by atoms with E-state index in [0.717, 1.165) is 41.9 Å². The number of benzene rings is 1. The molecule has 2 aromatic rings. The highest BCUT2D eigenvalue weighted by atomic mass is 15.2. The molecule has 3 nitrogen and oxygen atoms in total. The first-order valence-corrected chi connectivity index (χ1v) is 7.58. The lowest BCUT2D eigenvalue weighted by molar-refractivity contribution is 0.894. The minimum absolute atomic E-state index is 0.846. The zero-order valence-electron chi connectivity index (χ0n) is 12.9. The second kappa shape index (κ2) is 6.06. The third kappa shape index (κ3) is 2.62. The molecule has 0 saturated heterocycles. The number of hydrogen-bond donors (Lipinski definition) is 1. The molecule has 0 bridgehead atoms. The van der Waals surface area contributed by atoms with Gasteiger partial charge in [0, 0.05) is 29.7 Å². The molecule has 0 amide bonds. The molecule has 1 aliphatic rings. The summed E-state index contributed by atoms with van der Waals surface area (Å²) < 4.78 is 0. The van der Waals surface area contributed by atoms with Crippen LogP contribution in [0.1, 0.15) is 11.1 Å². The van der Waals surface area contributed by atoms with Crippen LogP contribution in [0, 0.1) is 6.92 Å². The quantitative estimate of drug-likeness (QED) is 0.872. The zero-order chi connectivity index (χ0) is 15.5. The first-order chi connectivity index (χ1) is 10.7. The van der Waals surface area contributed by atoms with E-state index < -0.39 is 0 Å². The van der Waals surface area contributed by atoms with Crippen molar-refractivity contribution in [3.8, 4) is 0 Å². The third-order valence-electron chi connectivity index (χ3n) is 4.02. The van der Waals surface area contributed by atoms with E-state index in [0.29, 0.717) is 0 Å². The molecule has 3 rings (SSSR count). The summed E-state index contributed by atoms with van der Waals surface area (Å²) in [5.74, 6) is 1.03. The lowest BCUT2D eigenvalue weighted by Crippen LogP contribution is -2.21. The standard InChI is InChI=1S/C19H21N3/c1-3-4-5-6-7-11-22-12-10-15-18(20)16-13-14(2)8-9-17(16)21-19(15)22/h3-9,13H,1,10-12H2,2H3,(H2,20,21)/b5-4-,7-6+. The van der Waals surface area contributed by atoms with Crippen molar-refractivity contribution < 1.29 is 0 Å². The minimum Gasteiger partial charge on any atom is -0.398 e. The van der Waals surface area contributed by atoms with Crippen LogP contribution in [-0.2, 0) is 6.42 Å². The van der Waals surface area contributed by atoms with Gasteiger partial charge in [0.15, 0.2) is 0 Å². The van der Waals surface area contributed by atoms with Crippen LogP contribution in [0.2, 0.25) is 0 Å². The van der Waals surface area contributed by atoms with E-state index in [1.807, 2.05) is 18.2 Å². The maximum atomic E-state index is 6.39. The average molecular weight is 291 g/mol. The number of fused-ring (bicyclic) bond motifs is 2. The van der Waals surface area contributed by atoms with E-state index in [-0.39, 0.29) is 0 Å². The van der Waals surface area contributed by atoms with Gasteiger partial charge in [0.2, 0.25) is 0 Å². The van der Waals surface area contributed by atoms with Crippen molar-refractivity contribution in [2.45, 2.75) is 13.3 Å². The summed E-state index contributed by atoms with van der Waals surface area (Å²) in [6.45, 7) is 7.55. The first-order valence-electron chi connectivity index (χ1n) is 7.58. The molecule has 1 aliphatic heterocycles. The lowest BCUT2D eigenvalue weighted by atomic mass is 10.1. The minimum atomic E-state index is 0.846. The van der Waals surface area contributed by atoms with Gasteiger partial charge in [-0.15, -0.1) is 0 Å². The van der Waals surface area contributed by atoms with E-state index in [1.165, 1.54) is 11.1 Å². The average Bonchev–Trinajstić information content (AvgIpc) is 2.91. The molecule has 0 spiro atoms. The largest absolute Gasteiger partial charge is 0.398 e. The summed E-state index contributed by atoms with van der Waals surface area (Å²) in [7, 11) is 0. The number of nitrogens with two attached hydrogens (primary N) is 1. The topological polar surface area (TPSA) is 42.2 Å². The van der Waals surface area contributed by atoms with Crippen molar-refractivity contribution >= 4 is 22.4 Å². The van der Waals surface area contributed by atoms with Crippen LogP contribution < -0.4 is 10.6 Å². The van der Waals surface area contributed by atoms with Crippen LogP contribution in [0.5, 0.6) is 0 Å². The Hall–Kier alpha value is -2.55. The van der Waals surface area contributed by atoms with E-state index >= 15 is 0 Å². The molecule has 112 valence electrons. The Labute approximate surface area is 131 Å². The van der Waals surface area contributed by atoms with Crippen LogP contribution in [0.25, 0.3) is 10.9 Å². The molecule has 0 atom stereocenters. The molecule has 0 radical (unpaired) electrons. The second-order valence-corrected chi connectivity index (χ2v) is 5.59. The second-order valence-electron chi connectivity index (χ2n) is 5.59. The van der Waals surface area contributed by atoms with Gasteiger partial charge in [-0.3, -0.25) is 0 Å². The highest BCUT2D eigenvalue weighted by Crippen LogP contribution is 2.35. The highest BCUT2D eigenvalue weighted by Gasteiger charge is 2.23. The Balaban J connectivity index is 1.92. The summed E-state index contributed by atoms with van der Waals surface area (Å²) in [6.07, 6.45) is 10.8. The third-order valence-corrected chi connectivity index (χ3v) is 4.02. The molecule has 0 unspecified atom stereocenters. The van der Waals surface area contributed by atoms with Gasteiger partial charge in [-0.2, -0.15) is 0 Å². The number of nitrogens with zero attached hydrogens (tertiary/aromatic N) is 2. The molecular weight excluding hydrogens is 270 g/mol. The Morgan fingerprint density at radius 3 is 3.00 bits per heavy atom. The van der Waals surface area contributed by atoms with E-state index in [9.17, 15) is 0 Å². The normalized spacial score (nSPS) is 14.3. The molecule has 1 aromatic heterocycles. The van der Waals surface area contributed by atoms with Gasteiger partial charge >= 0.3 is 0 Å². The van der Waals surface area contributed by atoms with Crippen LogP contribution in [0.15, 0.2) is 55.2 Å². The maximum Gasteiger partial charge on any atom is 0.134 e. The van der Waals surface area contributed by atoms with Crippen LogP contribution >= 0.6 is 0 Å². The smallest absolute Gasteiger partial charge is 0.134 e. The molecule has 0 saturated carbocycles. The van der Waals surface area contributed by atoms with Crippen molar-refractivity contribution in [3.05, 3.63) is 66.3 Å². The van der Waals surface area contributed by atoms with Crippen molar-refractivity contribution in [2.24, 2.45) is 0 Å². The van der Waals surface area contributed by atoms with Gasteiger partial charge in [0.25, 0.3) is 0 Å². The van der Waals surface area contributed by atoms with Crippen molar-refractivity contribution in [3.63, 3.8) is 0 Å². The van der Waals surface area contributed by atoms with Gasteiger partial charge in [-0.25, -0.2) is 4.98 Å². The van der Waals surface area contributed by atoms with Crippen LogP contribution in [0.4, 0.5) is 11.5 Å². The fourth-order valence-corrected chi connectivity index (χ4v) is 2.88. The van der Waals surface area contributed by atoms with E-state index in [2.05, 4.69) is 42.7 Å². The fourth-order valence-electron chi connectivity index (χ4n) is 2.88. The van der Waals surface area contributed by atoms with Crippen molar-refractivity contribution in [2.75, 3.05) is 23.7 Å².